The molecule has 1 N–H and O–H groups in total. The Morgan fingerprint density at radius 1 is 1.06 bits per heavy atom. The van der Waals surface area contributed by atoms with Crippen LogP contribution in [0.15, 0.2) is 65.1 Å². The van der Waals surface area contributed by atoms with E-state index >= 15 is 0 Å². The van der Waals surface area contributed by atoms with Crippen LogP contribution in [0.4, 0.5) is 5.69 Å². The second-order valence-corrected chi connectivity index (χ2v) is 9.82. The number of amides is 1. The highest BCUT2D eigenvalue weighted by atomic mass is 32.2. The standard InChI is InChI=1S/C25H32N2O4S/c1-3-31-23-13-15-24(16-14-23)32(29,30)27(22-11-9-20(2)10-12-22)19-25(28)26-18-17-21-7-5-4-6-8-21/h7,9-16H,3-6,8,17-19H2,1-2H3,(H,26,28). The van der Waals surface area contributed by atoms with Gasteiger partial charge in [-0.25, -0.2) is 8.42 Å². The van der Waals surface area contributed by atoms with Crippen molar-refractivity contribution in [3.8, 4) is 5.75 Å². The number of sulfonamides is 1. The molecule has 0 radical (unpaired) electrons. The minimum Gasteiger partial charge on any atom is -0.494 e. The number of benzene rings is 2. The SMILES string of the molecule is CCOc1ccc(S(=O)(=O)N(CC(=O)NCCC2=CCCCC2)c2ccc(C)cc2)cc1. The van der Waals surface area contributed by atoms with Crippen LogP contribution >= 0.6 is 0 Å². The molecule has 2 aromatic rings. The maximum Gasteiger partial charge on any atom is 0.264 e. The van der Waals surface area contributed by atoms with E-state index in [1.165, 1.54) is 30.5 Å². The molecule has 172 valence electrons. The number of rotatable bonds is 10. The maximum atomic E-state index is 13.4. The van der Waals surface area contributed by atoms with Gasteiger partial charge < -0.3 is 10.1 Å². The lowest BCUT2D eigenvalue weighted by Crippen LogP contribution is -2.41. The van der Waals surface area contributed by atoms with Gasteiger partial charge in [-0.15, -0.1) is 0 Å². The molecule has 0 aromatic heterocycles. The molecule has 1 aliphatic carbocycles. The monoisotopic (exact) mass is 456 g/mol. The molecule has 0 fully saturated rings. The van der Waals surface area contributed by atoms with Crippen molar-refractivity contribution in [2.75, 3.05) is 24.0 Å². The van der Waals surface area contributed by atoms with Crippen molar-refractivity contribution < 1.29 is 17.9 Å². The van der Waals surface area contributed by atoms with Gasteiger partial charge in [0.1, 0.15) is 12.3 Å². The Balaban J connectivity index is 1.76. The second-order valence-electron chi connectivity index (χ2n) is 7.96. The van der Waals surface area contributed by atoms with Crippen LogP contribution in [0.5, 0.6) is 5.75 Å². The van der Waals surface area contributed by atoms with Crippen molar-refractivity contribution in [2.24, 2.45) is 0 Å². The zero-order valence-electron chi connectivity index (χ0n) is 18.8. The summed E-state index contributed by atoms with van der Waals surface area (Å²) in [5, 5.41) is 2.89. The summed E-state index contributed by atoms with van der Waals surface area (Å²) in [6.45, 7) is 4.53. The van der Waals surface area contributed by atoms with Crippen molar-refractivity contribution in [3.05, 3.63) is 65.7 Å². The van der Waals surface area contributed by atoms with Crippen LogP contribution in [0.2, 0.25) is 0 Å². The lowest BCUT2D eigenvalue weighted by Gasteiger charge is -2.24. The third-order valence-corrected chi connectivity index (χ3v) is 7.27. The summed E-state index contributed by atoms with van der Waals surface area (Å²) in [6, 6.07) is 13.4. The van der Waals surface area contributed by atoms with Crippen molar-refractivity contribution in [1.82, 2.24) is 5.32 Å². The zero-order valence-corrected chi connectivity index (χ0v) is 19.7. The fraction of sp³-hybridized carbons (Fsp3) is 0.400. The Kier molecular flexibility index (Phi) is 8.33. The first-order chi connectivity index (χ1) is 15.4. The lowest BCUT2D eigenvalue weighted by molar-refractivity contribution is -0.119. The summed E-state index contributed by atoms with van der Waals surface area (Å²) in [5.41, 5.74) is 2.83. The molecule has 0 atom stereocenters. The van der Waals surface area contributed by atoms with E-state index in [4.69, 9.17) is 4.74 Å². The number of nitrogens with zero attached hydrogens (tertiary/aromatic N) is 1. The van der Waals surface area contributed by atoms with E-state index in [2.05, 4.69) is 11.4 Å². The minimum absolute atomic E-state index is 0.113. The molecular formula is C25H32N2O4S. The van der Waals surface area contributed by atoms with E-state index in [0.717, 1.165) is 29.1 Å². The summed E-state index contributed by atoms with van der Waals surface area (Å²) in [7, 11) is -3.93. The summed E-state index contributed by atoms with van der Waals surface area (Å²) < 4.78 is 33.5. The predicted octanol–water partition coefficient (Wildman–Crippen LogP) is 4.60. The van der Waals surface area contributed by atoms with Gasteiger partial charge in [0.2, 0.25) is 5.91 Å². The fourth-order valence-electron chi connectivity index (χ4n) is 3.71. The molecule has 6 nitrogen and oxygen atoms in total. The Bertz CT molecular complexity index is 1030. The minimum atomic E-state index is -3.93. The Morgan fingerprint density at radius 2 is 1.78 bits per heavy atom. The fourth-order valence-corrected chi connectivity index (χ4v) is 5.13. The Hall–Kier alpha value is -2.80. The number of ether oxygens (including phenoxy) is 1. The van der Waals surface area contributed by atoms with Crippen LogP contribution in [-0.2, 0) is 14.8 Å². The van der Waals surface area contributed by atoms with Gasteiger partial charge in [0.25, 0.3) is 10.0 Å². The first kappa shape index (κ1) is 23.9. The van der Waals surface area contributed by atoms with Crippen LogP contribution in [0.1, 0.15) is 44.6 Å². The van der Waals surface area contributed by atoms with E-state index in [9.17, 15) is 13.2 Å². The van der Waals surface area contributed by atoms with E-state index in [-0.39, 0.29) is 17.3 Å². The predicted molar refractivity (Wildman–Crippen MR) is 127 cm³/mol. The third kappa shape index (κ3) is 6.36. The van der Waals surface area contributed by atoms with E-state index in [1.54, 1.807) is 24.3 Å². The molecule has 0 saturated heterocycles. The number of allylic oxidation sites excluding steroid dienone is 1. The molecule has 0 bridgehead atoms. The third-order valence-electron chi connectivity index (χ3n) is 5.49. The molecule has 7 heteroatoms. The van der Waals surface area contributed by atoms with E-state index < -0.39 is 10.0 Å². The molecule has 0 heterocycles. The largest absolute Gasteiger partial charge is 0.494 e. The molecular weight excluding hydrogens is 424 g/mol. The first-order valence-electron chi connectivity index (χ1n) is 11.2. The van der Waals surface area contributed by atoms with E-state index in [0.29, 0.717) is 24.6 Å². The van der Waals surface area contributed by atoms with Gasteiger partial charge in [-0.2, -0.15) is 0 Å². The van der Waals surface area contributed by atoms with Crippen molar-refractivity contribution >= 4 is 21.6 Å². The van der Waals surface area contributed by atoms with Gasteiger partial charge in [-0.1, -0.05) is 29.3 Å². The zero-order chi connectivity index (χ0) is 23.0. The summed E-state index contributed by atoms with van der Waals surface area (Å²) >= 11 is 0. The van der Waals surface area contributed by atoms with Crippen LogP contribution < -0.4 is 14.4 Å². The smallest absolute Gasteiger partial charge is 0.264 e. The molecule has 0 unspecified atom stereocenters. The highest BCUT2D eigenvalue weighted by molar-refractivity contribution is 7.92. The molecule has 0 spiro atoms. The highest BCUT2D eigenvalue weighted by Gasteiger charge is 2.27. The van der Waals surface area contributed by atoms with Crippen molar-refractivity contribution in [1.29, 1.82) is 0 Å². The van der Waals surface area contributed by atoms with Crippen LogP contribution in [-0.4, -0.2) is 34.0 Å². The second kappa shape index (κ2) is 11.2. The Morgan fingerprint density at radius 3 is 2.41 bits per heavy atom. The topological polar surface area (TPSA) is 75.7 Å². The number of carbonyl (C=O) groups excluding carboxylic acids is 1. The maximum absolute atomic E-state index is 13.4. The normalized spacial score (nSPS) is 13.9. The van der Waals surface area contributed by atoms with Crippen LogP contribution in [0, 0.1) is 6.92 Å². The van der Waals surface area contributed by atoms with Gasteiger partial charge in [0.15, 0.2) is 0 Å². The van der Waals surface area contributed by atoms with Gasteiger partial charge in [0.05, 0.1) is 17.2 Å². The molecule has 32 heavy (non-hydrogen) atoms. The molecule has 1 aliphatic rings. The number of carbonyl (C=O) groups is 1. The highest BCUT2D eigenvalue weighted by Crippen LogP contribution is 2.25. The van der Waals surface area contributed by atoms with Gasteiger partial charge >= 0.3 is 0 Å². The van der Waals surface area contributed by atoms with Crippen molar-refractivity contribution in [2.45, 2.75) is 50.8 Å². The summed E-state index contributed by atoms with van der Waals surface area (Å²) in [5.74, 6) is 0.277. The number of hydrogen-bond acceptors (Lipinski definition) is 4. The first-order valence-corrected chi connectivity index (χ1v) is 12.6. The van der Waals surface area contributed by atoms with Crippen molar-refractivity contribution in [3.63, 3.8) is 0 Å². The molecule has 0 saturated carbocycles. The molecule has 1 amide bonds. The van der Waals surface area contributed by atoms with Gasteiger partial charge in [0, 0.05) is 6.54 Å². The van der Waals surface area contributed by atoms with Gasteiger partial charge in [-0.3, -0.25) is 9.10 Å². The quantitative estimate of drug-likeness (QED) is 0.531. The molecule has 3 rings (SSSR count). The average Bonchev–Trinajstić information content (AvgIpc) is 2.79. The van der Waals surface area contributed by atoms with E-state index in [1.807, 2.05) is 26.0 Å². The van der Waals surface area contributed by atoms with Gasteiger partial charge in [-0.05, 0) is 82.3 Å². The summed E-state index contributed by atoms with van der Waals surface area (Å²) in [6.07, 6.45) is 7.67. The number of hydrogen-bond donors (Lipinski definition) is 1. The van der Waals surface area contributed by atoms with Crippen LogP contribution in [0.3, 0.4) is 0 Å². The average molecular weight is 457 g/mol. The number of anilines is 1. The van der Waals surface area contributed by atoms with Crippen LogP contribution in [0.25, 0.3) is 0 Å². The molecule has 0 aliphatic heterocycles. The number of aryl methyl sites for hydroxylation is 1. The number of nitrogens with one attached hydrogen (secondary N) is 1. The Labute approximate surface area is 191 Å². The lowest BCUT2D eigenvalue weighted by atomic mass is 9.97. The molecule has 2 aromatic carbocycles. The summed E-state index contributed by atoms with van der Waals surface area (Å²) in [4.78, 5) is 12.8.